The Morgan fingerprint density at radius 1 is 1.21 bits per heavy atom. The lowest BCUT2D eigenvalue weighted by atomic mass is 10.1. The third kappa shape index (κ3) is 5.19. The fourth-order valence-corrected chi connectivity index (χ4v) is 2.22. The predicted molar refractivity (Wildman–Crippen MR) is 90.4 cm³/mol. The largest absolute Gasteiger partial charge is 0.350 e. The standard InChI is InChI=1S/C17H23N5O2/c1-17(2,3)20-15(23)10-21(4)16(24)14-7-5-13(6-8-14)9-22-12-18-11-19-22/h5-8,11-12H,9-10H2,1-4H3,(H,20,23). The van der Waals surface area contributed by atoms with Crippen molar-refractivity contribution in [2.75, 3.05) is 13.6 Å². The van der Waals surface area contributed by atoms with Crippen LogP contribution in [0.4, 0.5) is 0 Å². The summed E-state index contributed by atoms with van der Waals surface area (Å²) in [5.74, 6) is -0.368. The van der Waals surface area contributed by atoms with Crippen LogP contribution in [0.3, 0.4) is 0 Å². The van der Waals surface area contributed by atoms with E-state index in [9.17, 15) is 9.59 Å². The fourth-order valence-electron chi connectivity index (χ4n) is 2.22. The molecular weight excluding hydrogens is 306 g/mol. The van der Waals surface area contributed by atoms with E-state index in [1.54, 1.807) is 30.2 Å². The Hall–Kier alpha value is -2.70. The predicted octanol–water partition coefficient (Wildman–Crippen LogP) is 1.31. The van der Waals surface area contributed by atoms with Crippen molar-refractivity contribution < 1.29 is 9.59 Å². The molecule has 0 radical (unpaired) electrons. The lowest BCUT2D eigenvalue weighted by Gasteiger charge is -2.23. The van der Waals surface area contributed by atoms with Gasteiger partial charge in [0.25, 0.3) is 5.91 Å². The van der Waals surface area contributed by atoms with Crippen LogP contribution >= 0.6 is 0 Å². The van der Waals surface area contributed by atoms with E-state index in [0.717, 1.165) is 5.56 Å². The second-order valence-electron chi connectivity index (χ2n) is 6.75. The third-order valence-corrected chi connectivity index (χ3v) is 3.25. The Morgan fingerprint density at radius 2 is 1.88 bits per heavy atom. The molecule has 0 atom stereocenters. The zero-order chi connectivity index (χ0) is 17.7. The van der Waals surface area contributed by atoms with Gasteiger partial charge in [-0.2, -0.15) is 5.10 Å². The maximum Gasteiger partial charge on any atom is 0.254 e. The molecular formula is C17H23N5O2. The van der Waals surface area contributed by atoms with Crippen molar-refractivity contribution in [2.45, 2.75) is 32.9 Å². The van der Waals surface area contributed by atoms with Gasteiger partial charge in [-0.05, 0) is 38.5 Å². The minimum Gasteiger partial charge on any atom is -0.350 e. The summed E-state index contributed by atoms with van der Waals surface area (Å²) >= 11 is 0. The minimum absolute atomic E-state index is 0.0246. The van der Waals surface area contributed by atoms with Crippen LogP contribution in [0, 0.1) is 0 Å². The molecule has 0 aliphatic carbocycles. The lowest BCUT2D eigenvalue weighted by Crippen LogP contribution is -2.46. The van der Waals surface area contributed by atoms with Gasteiger partial charge in [-0.25, -0.2) is 9.67 Å². The molecule has 7 heteroatoms. The Labute approximate surface area is 141 Å². The number of carbonyl (C=O) groups excluding carboxylic acids is 2. The number of likely N-dealkylation sites (N-methyl/N-ethyl adjacent to an activating group) is 1. The number of nitrogens with zero attached hydrogens (tertiary/aromatic N) is 4. The number of hydrogen-bond donors (Lipinski definition) is 1. The van der Waals surface area contributed by atoms with Crippen molar-refractivity contribution in [3.8, 4) is 0 Å². The molecule has 7 nitrogen and oxygen atoms in total. The average Bonchev–Trinajstić information content (AvgIpc) is 2.98. The molecule has 128 valence electrons. The summed E-state index contributed by atoms with van der Waals surface area (Å²) in [6.07, 6.45) is 3.12. The summed E-state index contributed by atoms with van der Waals surface area (Å²) in [4.78, 5) is 29.6. The van der Waals surface area contributed by atoms with E-state index in [0.29, 0.717) is 12.1 Å². The maximum atomic E-state index is 12.4. The van der Waals surface area contributed by atoms with Crippen molar-refractivity contribution in [2.24, 2.45) is 0 Å². The third-order valence-electron chi connectivity index (χ3n) is 3.25. The van der Waals surface area contributed by atoms with E-state index >= 15 is 0 Å². The molecule has 2 aromatic rings. The van der Waals surface area contributed by atoms with Crippen LogP contribution in [-0.2, 0) is 11.3 Å². The van der Waals surface area contributed by atoms with E-state index in [4.69, 9.17) is 0 Å². The zero-order valence-electron chi connectivity index (χ0n) is 14.5. The van der Waals surface area contributed by atoms with E-state index in [2.05, 4.69) is 15.4 Å². The second kappa shape index (κ2) is 7.25. The molecule has 1 heterocycles. The summed E-state index contributed by atoms with van der Waals surface area (Å²) in [5, 5.41) is 6.89. The molecule has 0 bridgehead atoms. The molecule has 24 heavy (non-hydrogen) atoms. The molecule has 2 rings (SSSR count). The van der Waals surface area contributed by atoms with Gasteiger partial charge in [0, 0.05) is 18.2 Å². The highest BCUT2D eigenvalue weighted by Crippen LogP contribution is 2.08. The first-order valence-electron chi connectivity index (χ1n) is 7.72. The van der Waals surface area contributed by atoms with E-state index in [-0.39, 0.29) is 23.9 Å². The molecule has 0 unspecified atom stereocenters. The highest BCUT2D eigenvalue weighted by molar-refractivity contribution is 5.96. The van der Waals surface area contributed by atoms with E-state index < -0.39 is 0 Å². The van der Waals surface area contributed by atoms with Gasteiger partial charge >= 0.3 is 0 Å². The molecule has 1 aromatic heterocycles. The van der Waals surface area contributed by atoms with Gasteiger partial charge in [-0.1, -0.05) is 12.1 Å². The molecule has 0 spiro atoms. The van der Waals surface area contributed by atoms with E-state index in [1.165, 1.54) is 11.2 Å². The monoisotopic (exact) mass is 329 g/mol. The Kier molecular flexibility index (Phi) is 5.33. The number of amides is 2. The van der Waals surface area contributed by atoms with Crippen LogP contribution < -0.4 is 5.32 Å². The number of nitrogens with one attached hydrogen (secondary N) is 1. The second-order valence-corrected chi connectivity index (χ2v) is 6.75. The van der Waals surface area contributed by atoms with Gasteiger partial charge in [-0.3, -0.25) is 9.59 Å². The summed E-state index contributed by atoms with van der Waals surface area (Å²) in [6.45, 7) is 6.33. The molecule has 0 aliphatic rings. The van der Waals surface area contributed by atoms with Crippen LogP contribution in [0.2, 0.25) is 0 Å². The fraction of sp³-hybridized carbons (Fsp3) is 0.412. The van der Waals surface area contributed by atoms with E-state index in [1.807, 2.05) is 32.9 Å². The quantitative estimate of drug-likeness (QED) is 0.897. The molecule has 0 aliphatic heterocycles. The zero-order valence-corrected chi connectivity index (χ0v) is 14.5. The van der Waals surface area contributed by atoms with Crippen molar-refractivity contribution in [3.63, 3.8) is 0 Å². The van der Waals surface area contributed by atoms with Crippen molar-refractivity contribution >= 4 is 11.8 Å². The molecule has 0 fully saturated rings. The van der Waals surface area contributed by atoms with Crippen LogP contribution in [0.15, 0.2) is 36.9 Å². The molecule has 0 saturated carbocycles. The Bertz CT molecular complexity index is 687. The Balaban J connectivity index is 1.95. The first-order chi connectivity index (χ1) is 11.2. The van der Waals surface area contributed by atoms with Gasteiger partial charge in [0.2, 0.25) is 5.91 Å². The highest BCUT2D eigenvalue weighted by Gasteiger charge is 2.18. The average molecular weight is 329 g/mol. The highest BCUT2D eigenvalue weighted by atomic mass is 16.2. The van der Waals surface area contributed by atoms with Crippen LogP contribution in [0.25, 0.3) is 0 Å². The summed E-state index contributed by atoms with van der Waals surface area (Å²) < 4.78 is 1.71. The number of aromatic nitrogens is 3. The maximum absolute atomic E-state index is 12.4. The van der Waals surface area contributed by atoms with Gasteiger partial charge in [-0.15, -0.1) is 0 Å². The first-order valence-corrected chi connectivity index (χ1v) is 7.72. The molecule has 0 saturated heterocycles. The normalized spacial score (nSPS) is 11.2. The van der Waals surface area contributed by atoms with Gasteiger partial charge in [0.05, 0.1) is 13.1 Å². The smallest absolute Gasteiger partial charge is 0.254 e. The van der Waals surface area contributed by atoms with Gasteiger partial charge in [0.15, 0.2) is 0 Å². The number of benzene rings is 1. The topological polar surface area (TPSA) is 80.1 Å². The number of hydrogen-bond acceptors (Lipinski definition) is 4. The van der Waals surface area contributed by atoms with Gasteiger partial charge in [0.1, 0.15) is 12.7 Å². The minimum atomic E-state index is -0.315. The van der Waals surface area contributed by atoms with Crippen molar-refractivity contribution in [1.82, 2.24) is 25.0 Å². The molecule has 1 aromatic carbocycles. The van der Waals surface area contributed by atoms with Crippen molar-refractivity contribution in [1.29, 1.82) is 0 Å². The SMILES string of the molecule is CN(CC(=O)NC(C)(C)C)C(=O)c1ccc(Cn2cncn2)cc1. The molecule has 2 amide bonds. The summed E-state index contributed by atoms with van der Waals surface area (Å²) in [6, 6.07) is 7.26. The van der Waals surface area contributed by atoms with Crippen LogP contribution in [-0.4, -0.2) is 50.6 Å². The first kappa shape index (κ1) is 17.7. The number of carbonyl (C=O) groups is 2. The molecule has 1 N–H and O–H groups in total. The summed E-state index contributed by atoms with van der Waals surface area (Å²) in [7, 11) is 1.62. The Morgan fingerprint density at radius 3 is 2.42 bits per heavy atom. The lowest BCUT2D eigenvalue weighted by molar-refractivity contribution is -0.122. The number of rotatable bonds is 5. The van der Waals surface area contributed by atoms with Crippen LogP contribution in [0.1, 0.15) is 36.7 Å². The van der Waals surface area contributed by atoms with Crippen LogP contribution in [0.5, 0.6) is 0 Å². The van der Waals surface area contributed by atoms with Gasteiger partial charge < -0.3 is 10.2 Å². The summed E-state index contributed by atoms with van der Waals surface area (Å²) in [5.41, 5.74) is 1.25. The van der Waals surface area contributed by atoms with Crippen molar-refractivity contribution in [3.05, 3.63) is 48.0 Å².